The average molecular weight is 301 g/mol. The Balaban J connectivity index is 1.40. The Morgan fingerprint density at radius 3 is 2.82 bits per heavy atom. The summed E-state index contributed by atoms with van der Waals surface area (Å²) in [6.07, 6.45) is 2.46. The second-order valence-corrected chi connectivity index (χ2v) is 6.61. The van der Waals surface area contributed by atoms with E-state index in [1.165, 1.54) is 18.4 Å². The number of aliphatic imine (C=N–C) groups is 1. The molecule has 1 aliphatic carbocycles. The smallest absolute Gasteiger partial charge is 0.193 e. The Labute approximate surface area is 133 Å². The minimum Gasteiger partial charge on any atom is -0.376 e. The Hall–Kier alpha value is -1.55. The van der Waals surface area contributed by atoms with Gasteiger partial charge in [0, 0.05) is 32.1 Å². The van der Waals surface area contributed by atoms with Gasteiger partial charge >= 0.3 is 0 Å². The van der Waals surface area contributed by atoms with Gasteiger partial charge in [-0.1, -0.05) is 37.3 Å². The van der Waals surface area contributed by atoms with Crippen LogP contribution in [0.3, 0.4) is 0 Å². The van der Waals surface area contributed by atoms with Crippen molar-refractivity contribution in [3.8, 4) is 0 Å². The topological polar surface area (TPSA) is 36.9 Å². The van der Waals surface area contributed by atoms with Gasteiger partial charge in [0.15, 0.2) is 5.96 Å². The number of hydrogen-bond acceptors (Lipinski definition) is 2. The summed E-state index contributed by atoms with van der Waals surface area (Å²) in [6.45, 7) is 5.97. The number of benzene rings is 1. The summed E-state index contributed by atoms with van der Waals surface area (Å²) in [5.74, 6) is 2.48. The van der Waals surface area contributed by atoms with Crippen LogP contribution in [0.25, 0.3) is 0 Å². The largest absolute Gasteiger partial charge is 0.376 e. The molecule has 22 heavy (non-hydrogen) atoms. The number of guanidine groups is 1. The number of likely N-dealkylation sites (tertiary alicyclic amines) is 1. The van der Waals surface area contributed by atoms with E-state index >= 15 is 0 Å². The van der Waals surface area contributed by atoms with E-state index < -0.39 is 0 Å². The van der Waals surface area contributed by atoms with Crippen LogP contribution in [0.1, 0.15) is 25.3 Å². The summed E-state index contributed by atoms with van der Waals surface area (Å²) in [7, 11) is 1.88. The van der Waals surface area contributed by atoms with Crippen molar-refractivity contribution in [3.05, 3.63) is 35.9 Å². The van der Waals surface area contributed by atoms with Gasteiger partial charge in [-0.15, -0.1) is 0 Å². The number of rotatable bonds is 5. The molecule has 1 aromatic rings. The minimum absolute atomic E-state index is 0.610. The van der Waals surface area contributed by atoms with Crippen LogP contribution < -0.4 is 5.32 Å². The first-order chi connectivity index (χ1) is 10.8. The highest BCUT2D eigenvalue weighted by Gasteiger charge is 2.35. The molecule has 3 atom stereocenters. The maximum absolute atomic E-state index is 5.89. The molecule has 0 spiro atoms. The fraction of sp³-hybridized carbons (Fsp3) is 0.611. The molecule has 3 rings (SSSR count). The Kier molecular flexibility index (Phi) is 4.98. The first-order valence-corrected chi connectivity index (χ1v) is 8.36. The molecule has 1 heterocycles. The molecule has 120 valence electrons. The molecule has 0 radical (unpaired) electrons. The predicted octanol–water partition coefficient (Wildman–Crippen LogP) is 2.51. The van der Waals surface area contributed by atoms with E-state index in [2.05, 4.69) is 46.4 Å². The molecule has 2 fully saturated rings. The SMILES string of the molecule is CN=C(NC1CC1C)N1CCC(COCc2ccccc2)C1. The van der Waals surface area contributed by atoms with E-state index in [4.69, 9.17) is 4.74 Å². The van der Waals surface area contributed by atoms with Gasteiger partial charge in [0.1, 0.15) is 0 Å². The third kappa shape index (κ3) is 4.01. The molecule has 2 aliphatic rings. The highest BCUT2D eigenvalue weighted by Crippen LogP contribution is 2.29. The van der Waals surface area contributed by atoms with Gasteiger partial charge in [-0.05, 0) is 24.3 Å². The number of ether oxygens (including phenoxy) is 1. The fourth-order valence-electron chi connectivity index (χ4n) is 3.06. The lowest BCUT2D eigenvalue weighted by Crippen LogP contribution is -2.41. The van der Waals surface area contributed by atoms with Gasteiger partial charge in [-0.3, -0.25) is 4.99 Å². The third-order valence-corrected chi connectivity index (χ3v) is 4.69. The zero-order chi connectivity index (χ0) is 15.4. The number of nitrogens with zero attached hydrogens (tertiary/aromatic N) is 2. The van der Waals surface area contributed by atoms with E-state index in [1.807, 2.05) is 13.1 Å². The summed E-state index contributed by atoms with van der Waals surface area (Å²) in [5.41, 5.74) is 1.25. The fourth-order valence-corrected chi connectivity index (χ4v) is 3.06. The second-order valence-electron chi connectivity index (χ2n) is 6.61. The maximum Gasteiger partial charge on any atom is 0.193 e. The number of nitrogens with one attached hydrogen (secondary N) is 1. The number of hydrogen-bond donors (Lipinski definition) is 1. The van der Waals surface area contributed by atoms with E-state index in [0.717, 1.165) is 31.6 Å². The summed E-state index contributed by atoms with van der Waals surface area (Å²) < 4.78 is 5.89. The summed E-state index contributed by atoms with van der Waals surface area (Å²) in [6, 6.07) is 11.0. The zero-order valence-corrected chi connectivity index (χ0v) is 13.7. The van der Waals surface area contributed by atoms with Gasteiger partial charge in [0.2, 0.25) is 0 Å². The van der Waals surface area contributed by atoms with Crippen molar-refractivity contribution in [2.75, 3.05) is 26.7 Å². The molecule has 1 N–H and O–H groups in total. The quantitative estimate of drug-likeness (QED) is 0.671. The lowest BCUT2D eigenvalue weighted by Gasteiger charge is -2.21. The van der Waals surface area contributed by atoms with Crippen molar-refractivity contribution >= 4 is 5.96 Å². The normalized spacial score (nSPS) is 28.0. The molecule has 4 heteroatoms. The van der Waals surface area contributed by atoms with Crippen molar-refractivity contribution in [2.24, 2.45) is 16.8 Å². The monoisotopic (exact) mass is 301 g/mol. The molecule has 1 aliphatic heterocycles. The van der Waals surface area contributed by atoms with E-state index in [0.29, 0.717) is 18.6 Å². The molecule has 4 nitrogen and oxygen atoms in total. The Morgan fingerprint density at radius 1 is 1.36 bits per heavy atom. The summed E-state index contributed by atoms with van der Waals surface area (Å²) in [5, 5.41) is 3.57. The molecular formula is C18H27N3O. The Morgan fingerprint density at radius 2 is 2.14 bits per heavy atom. The van der Waals surface area contributed by atoms with Crippen LogP contribution in [0.5, 0.6) is 0 Å². The van der Waals surface area contributed by atoms with Gasteiger partial charge in [0.25, 0.3) is 0 Å². The minimum atomic E-state index is 0.610. The lowest BCUT2D eigenvalue weighted by atomic mass is 10.1. The van der Waals surface area contributed by atoms with Crippen molar-refractivity contribution in [1.82, 2.24) is 10.2 Å². The second kappa shape index (κ2) is 7.14. The van der Waals surface area contributed by atoms with Crippen LogP contribution in [-0.4, -0.2) is 43.6 Å². The van der Waals surface area contributed by atoms with Crippen molar-refractivity contribution in [3.63, 3.8) is 0 Å². The molecule has 1 saturated carbocycles. The van der Waals surface area contributed by atoms with E-state index in [-0.39, 0.29) is 0 Å². The summed E-state index contributed by atoms with van der Waals surface area (Å²) >= 11 is 0. The van der Waals surface area contributed by atoms with Crippen LogP contribution in [0.4, 0.5) is 0 Å². The van der Waals surface area contributed by atoms with Crippen molar-refractivity contribution < 1.29 is 4.74 Å². The first-order valence-electron chi connectivity index (χ1n) is 8.36. The highest BCUT2D eigenvalue weighted by atomic mass is 16.5. The molecule has 1 aromatic carbocycles. The molecule has 0 bridgehead atoms. The molecule has 1 saturated heterocycles. The van der Waals surface area contributed by atoms with Crippen molar-refractivity contribution in [1.29, 1.82) is 0 Å². The molecule has 0 amide bonds. The average Bonchev–Trinajstić information content (AvgIpc) is 3.04. The molecule has 0 aromatic heterocycles. The predicted molar refractivity (Wildman–Crippen MR) is 89.8 cm³/mol. The van der Waals surface area contributed by atoms with Crippen LogP contribution >= 0.6 is 0 Å². The van der Waals surface area contributed by atoms with Crippen LogP contribution in [0.15, 0.2) is 35.3 Å². The highest BCUT2D eigenvalue weighted by molar-refractivity contribution is 5.80. The molecular weight excluding hydrogens is 274 g/mol. The van der Waals surface area contributed by atoms with Gasteiger partial charge in [0.05, 0.1) is 13.2 Å². The zero-order valence-electron chi connectivity index (χ0n) is 13.7. The van der Waals surface area contributed by atoms with Crippen LogP contribution in [-0.2, 0) is 11.3 Å². The van der Waals surface area contributed by atoms with Gasteiger partial charge in [-0.25, -0.2) is 0 Å². The van der Waals surface area contributed by atoms with E-state index in [9.17, 15) is 0 Å². The lowest BCUT2D eigenvalue weighted by molar-refractivity contribution is 0.0906. The first kappa shape index (κ1) is 15.3. The van der Waals surface area contributed by atoms with Crippen LogP contribution in [0.2, 0.25) is 0 Å². The van der Waals surface area contributed by atoms with Crippen LogP contribution in [0, 0.1) is 11.8 Å². The van der Waals surface area contributed by atoms with Crippen molar-refractivity contribution in [2.45, 2.75) is 32.4 Å². The summed E-state index contributed by atoms with van der Waals surface area (Å²) in [4.78, 5) is 6.81. The van der Waals surface area contributed by atoms with Gasteiger partial charge in [-0.2, -0.15) is 0 Å². The van der Waals surface area contributed by atoms with E-state index in [1.54, 1.807) is 0 Å². The standard InChI is InChI=1S/C18H27N3O/c1-14-10-17(14)20-18(19-2)21-9-8-16(11-21)13-22-12-15-6-4-3-5-7-15/h3-7,14,16-17H,8-13H2,1-2H3,(H,19,20). The van der Waals surface area contributed by atoms with Gasteiger partial charge < -0.3 is 15.0 Å². The molecule has 3 unspecified atom stereocenters. The Bertz CT molecular complexity index is 502. The third-order valence-electron chi connectivity index (χ3n) is 4.69. The maximum atomic E-state index is 5.89.